The van der Waals surface area contributed by atoms with E-state index in [9.17, 15) is 4.79 Å². The molecule has 2 fully saturated rings. The second kappa shape index (κ2) is 7.10. The van der Waals surface area contributed by atoms with Crippen molar-refractivity contribution in [1.29, 1.82) is 0 Å². The molecule has 2 aromatic rings. The van der Waals surface area contributed by atoms with E-state index in [1.54, 1.807) is 0 Å². The highest BCUT2D eigenvalue weighted by Gasteiger charge is 2.34. The number of hydrogen-bond donors (Lipinski definition) is 0. The lowest BCUT2D eigenvalue weighted by atomic mass is 9.77. The number of hydrogen-bond acceptors (Lipinski definition) is 3. The van der Waals surface area contributed by atoms with Crippen LogP contribution in [0.15, 0.2) is 30.3 Å². The van der Waals surface area contributed by atoms with Gasteiger partial charge in [-0.15, -0.1) is 5.10 Å². The van der Waals surface area contributed by atoms with Crippen LogP contribution in [0.1, 0.15) is 75.2 Å². The zero-order chi connectivity index (χ0) is 19.0. The van der Waals surface area contributed by atoms with Crippen LogP contribution in [0.2, 0.25) is 0 Å². The summed E-state index contributed by atoms with van der Waals surface area (Å²) in [7, 11) is 0. The maximum absolute atomic E-state index is 13.1. The molecule has 4 rings (SSSR count). The molecule has 0 bridgehead atoms. The summed E-state index contributed by atoms with van der Waals surface area (Å²) < 4.78 is 1.88. The fourth-order valence-corrected chi connectivity index (χ4v) is 4.09. The Labute approximate surface area is 161 Å². The topological polar surface area (TPSA) is 51.0 Å². The molecule has 1 saturated carbocycles. The van der Waals surface area contributed by atoms with E-state index in [2.05, 4.69) is 30.9 Å². The Morgan fingerprint density at radius 2 is 1.78 bits per heavy atom. The molecule has 2 heterocycles. The van der Waals surface area contributed by atoms with Crippen molar-refractivity contribution in [3.05, 3.63) is 42.0 Å². The number of likely N-dealkylation sites (tertiary alicyclic amines) is 1. The number of benzene rings is 1. The molecule has 1 aromatic carbocycles. The van der Waals surface area contributed by atoms with Gasteiger partial charge in [-0.3, -0.25) is 4.79 Å². The van der Waals surface area contributed by atoms with Crippen molar-refractivity contribution >= 4 is 5.91 Å². The molecular formula is C22H30N4O. The summed E-state index contributed by atoms with van der Waals surface area (Å²) in [6.07, 6.45) is 5.57. The molecule has 1 unspecified atom stereocenters. The van der Waals surface area contributed by atoms with Crippen molar-refractivity contribution in [1.82, 2.24) is 19.7 Å². The fourth-order valence-electron chi connectivity index (χ4n) is 4.09. The van der Waals surface area contributed by atoms with Gasteiger partial charge in [-0.25, -0.2) is 9.67 Å². The van der Waals surface area contributed by atoms with Gasteiger partial charge in [0, 0.05) is 19.0 Å². The monoisotopic (exact) mass is 366 g/mol. The Morgan fingerprint density at radius 1 is 1.04 bits per heavy atom. The SMILES string of the molecule is CC(C)(C)C1CCCN(C(=O)c2nc(C3CC3)n(-c3ccccc3)n2)CC1. The molecule has 1 aliphatic heterocycles. The average Bonchev–Trinajstić information content (AvgIpc) is 3.44. The van der Waals surface area contributed by atoms with Gasteiger partial charge in [0.25, 0.3) is 5.91 Å². The van der Waals surface area contributed by atoms with Gasteiger partial charge in [-0.1, -0.05) is 39.0 Å². The highest BCUT2D eigenvalue weighted by molar-refractivity contribution is 5.90. The number of nitrogens with zero attached hydrogens (tertiary/aromatic N) is 4. The van der Waals surface area contributed by atoms with Gasteiger partial charge in [0.1, 0.15) is 5.82 Å². The molecule has 2 aliphatic rings. The highest BCUT2D eigenvalue weighted by atomic mass is 16.2. The Balaban J connectivity index is 1.56. The number of carbonyl (C=O) groups is 1. The lowest BCUT2D eigenvalue weighted by Gasteiger charge is -2.29. The fraction of sp³-hybridized carbons (Fsp3) is 0.591. The summed E-state index contributed by atoms with van der Waals surface area (Å²) >= 11 is 0. The first-order valence-electron chi connectivity index (χ1n) is 10.2. The molecule has 1 aromatic heterocycles. The van der Waals surface area contributed by atoms with E-state index >= 15 is 0 Å². The van der Waals surface area contributed by atoms with Gasteiger partial charge in [0.05, 0.1) is 5.69 Å². The second-order valence-corrected chi connectivity index (χ2v) is 9.10. The van der Waals surface area contributed by atoms with E-state index in [0.717, 1.165) is 50.3 Å². The molecule has 0 spiro atoms. The number of para-hydroxylation sites is 1. The molecule has 1 aliphatic carbocycles. The van der Waals surface area contributed by atoms with Crippen LogP contribution in [0.25, 0.3) is 5.69 Å². The first-order chi connectivity index (χ1) is 12.9. The summed E-state index contributed by atoms with van der Waals surface area (Å²) in [5.41, 5.74) is 1.28. The minimum atomic E-state index is -0.0128. The van der Waals surface area contributed by atoms with E-state index in [-0.39, 0.29) is 5.91 Å². The normalized spacial score (nSPS) is 21.1. The molecular weight excluding hydrogens is 336 g/mol. The van der Waals surface area contributed by atoms with Crippen molar-refractivity contribution in [3.63, 3.8) is 0 Å². The van der Waals surface area contributed by atoms with Crippen LogP contribution in [-0.2, 0) is 0 Å². The Morgan fingerprint density at radius 3 is 2.44 bits per heavy atom. The van der Waals surface area contributed by atoms with Crippen molar-refractivity contribution in [2.24, 2.45) is 11.3 Å². The van der Waals surface area contributed by atoms with E-state index < -0.39 is 0 Å². The van der Waals surface area contributed by atoms with E-state index in [0.29, 0.717) is 23.1 Å². The molecule has 0 N–H and O–H groups in total. The quantitative estimate of drug-likeness (QED) is 0.807. The molecule has 5 nitrogen and oxygen atoms in total. The molecule has 1 atom stereocenters. The van der Waals surface area contributed by atoms with Crippen LogP contribution < -0.4 is 0 Å². The largest absolute Gasteiger partial charge is 0.336 e. The summed E-state index contributed by atoms with van der Waals surface area (Å²) in [5, 5.41) is 4.63. The van der Waals surface area contributed by atoms with Gasteiger partial charge >= 0.3 is 0 Å². The van der Waals surface area contributed by atoms with Crippen molar-refractivity contribution < 1.29 is 4.79 Å². The average molecular weight is 367 g/mol. The maximum Gasteiger partial charge on any atom is 0.293 e. The maximum atomic E-state index is 13.1. The molecule has 144 valence electrons. The van der Waals surface area contributed by atoms with E-state index in [1.807, 2.05) is 39.9 Å². The summed E-state index contributed by atoms with van der Waals surface area (Å²) in [6, 6.07) is 10.0. The third kappa shape index (κ3) is 3.92. The second-order valence-electron chi connectivity index (χ2n) is 9.10. The molecule has 1 saturated heterocycles. The predicted molar refractivity (Wildman–Crippen MR) is 106 cm³/mol. The van der Waals surface area contributed by atoms with Crippen LogP contribution >= 0.6 is 0 Å². The van der Waals surface area contributed by atoms with Crippen molar-refractivity contribution in [2.45, 2.75) is 58.8 Å². The van der Waals surface area contributed by atoms with Crippen molar-refractivity contribution in [2.75, 3.05) is 13.1 Å². The highest BCUT2D eigenvalue weighted by Crippen LogP contribution is 2.40. The Hall–Kier alpha value is -2.17. The molecule has 0 radical (unpaired) electrons. The summed E-state index contributed by atoms with van der Waals surface area (Å²) in [4.78, 5) is 19.8. The van der Waals surface area contributed by atoms with Crippen LogP contribution in [0.3, 0.4) is 0 Å². The Kier molecular flexibility index (Phi) is 4.79. The lowest BCUT2D eigenvalue weighted by Crippen LogP contribution is -2.33. The lowest BCUT2D eigenvalue weighted by molar-refractivity contribution is 0.0743. The smallest absolute Gasteiger partial charge is 0.293 e. The molecule has 1 amide bonds. The van der Waals surface area contributed by atoms with E-state index in [4.69, 9.17) is 0 Å². The Bertz CT molecular complexity index is 801. The number of rotatable bonds is 3. The zero-order valence-corrected chi connectivity index (χ0v) is 16.7. The predicted octanol–water partition coefficient (Wildman–Crippen LogP) is 4.43. The number of aromatic nitrogens is 3. The van der Waals surface area contributed by atoms with Gasteiger partial charge in [0.2, 0.25) is 5.82 Å². The zero-order valence-electron chi connectivity index (χ0n) is 16.7. The first kappa shape index (κ1) is 18.2. The number of carbonyl (C=O) groups excluding carboxylic acids is 1. The third-order valence-electron chi connectivity index (χ3n) is 6.01. The first-order valence-corrected chi connectivity index (χ1v) is 10.2. The minimum absolute atomic E-state index is 0.0128. The van der Waals surface area contributed by atoms with Gasteiger partial charge < -0.3 is 4.90 Å². The van der Waals surface area contributed by atoms with Crippen LogP contribution in [0.5, 0.6) is 0 Å². The molecule has 27 heavy (non-hydrogen) atoms. The third-order valence-corrected chi connectivity index (χ3v) is 6.01. The standard InChI is InChI=1S/C22H30N4O/c1-22(2,3)17-8-7-14-25(15-13-17)21(27)19-23-20(16-11-12-16)26(24-19)18-9-5-4-6-10-18/h4-6,9-10,16-17H,7-8,11-15H2,1-3H3. The van der Waals surface area contributed by atoms with Crippen LogP contribution in [-0.4, -0.2) is 38.7 Å². The summed E-state index contributed by atoms with van der Waals surface area (Å²) in [6.45, 7) is 8.53. The summed E-state index contributed by atoms with van der Waals surface area (Å²) in [5.74, 6) is 2.38. The van der Waals surface area contributed by atoms with Crippen LogP contribution in [0, 0.1) is 11.3 Å². The molecule has 5 heteroatoms. The van der Waals surface area contributed by atoms with Crippen LogP contribution in [0.4, 0.5) is 0 Å². The van der Waals surface area contributed by atoms with Crippen molar-refractivity contribution in [3.8, 4) is 5.69 Å². The van der Waals surface area contributed by atoms with Gasteiger partial charge in [-0.2, -0.15) is 0 Å². The minimum Gasteiger partial charge on any atom is -0.336 e. The van der Waals surface area contributed by atoms with Gasteiger partial charge in [0.15, 0.2) is 0 Å². The number of amides is 1. The van der Waals surface area contributed by atoms with Gasteiger partial charge in [-0.05, 0) is 55.6 Å². The van der Waals surface area contributed by atoms with E-state index in [1.165, 1.54) is 6.42 Å².